The van der Waals surface area contributed by atoms with Crippen molar-refractivity contribution in [3.63, 3.8) is 0 Å². The topological polar surface area (TPSA) is 65.5 Å². The second kappa shape index (κ2) is 8.57. The number of likely N-dealkylation sites (N-methyl/N-ethyl adjacent to an activating group) is 1. The van der Waals surface area contributed by atoms with Gasteiger partial charge in [0, 0.05) is 24.5 Å². The van der Waals surface area contributed by atoms with Crippen molar-refractivity contribution in [3.8, 4) is 0 Å². The number of para-hydroxylation sites is 1. The van der Waals surface area contributed by atoms with Gasteiger partial charge in [-0.05, 0) is 52.8 Å². The van der Waals surface area contributed by atoms with Crippen molar-refractivity contribution in [1.29, 1.82) is 0 Å². The molecule has 1 aromatic heterocycles. The number of piperidine rings is 1. The molecule has 0 saturated carbocycles. The van der Waals surface area contributed by atoms with Gasteiger partial charge in [0.2, 0.25) is 11.8 Å². The van der Waals surface area contributed by atoms with Crippen molar-refractivity contribution < 1.29 is 9.59 Å². The Morgan fingerprint density at radius 2 is 2.04 bits per heavy atom. The highest BCUT2D eigenvalue weighted by molar-refractivity contribution is 7.18. The number of hydrogen-bond donors (Lipinski definition) is 1. The molecular formula is C21H30N4O2S. The van der Waals surface area contributed by atoms with E-state index >= 15 is 0 Å². The first-order valence-corrected chi connectivity index (χ1v) is 10.7. The number of likely N-dealkylation sites (tertiary alicyclic amines) is 1. The molecule has 0 aliphatic carbocycles. The summed E-state index contributed by atoms with van der Waals surface area (Å²) in [7, 11) is 1.81. The maximum absolute atomic E-state index is 12.8. The van der Waals surface area contributed by atoms with E-state index in [-0.39, 0.29) is 30.4 Å². The van der Waals surface area contributed by atoms with Crippen molar-refractivity contribution in [2.45, 2.75) is 45.1 Å². The normalized spacial score (nSPS) is 17.9. The molecule has 1 saturated heterocycles. The molecule has 2 heterocycles. The van der Waals surface area contributed by atoms with Crippen LogP contribution in [0.3, 0.4) is 0 Å². The van der Waals surface area contributed by atoms with Gasteiger partial charge in [0.25, 0.3) is 0 Å². The molecule has 7 heteroatoms. The van der Waals surface area contributed by atoms with Crippen LogP contribution in [0.25, 0.3) is 10.2 Å². The summed E-state index contributed by atoms with van der Waals surface area (Å²) in [6.45, 7) is 7.81. The number of aromatic nitrogens is 1. The summed E-state index contributed by atoms with van der Waals surface area (Å²) in [4.78, 5) is 33.3. The Morgan fingerprint density at radius 3 is 2.75 bits per heavy atom. The van der Waals surface area contributed by atoms with E-state index in [2.05, 4.69) is 11.4 Å². The number of fused-ring (bicyclic) bond motifs is 1. The fraction of sp³-hybridized carbons (Fsp3) is 0.571. The highest BCUT2D eigenvalue weighted by Crippen LogP contribution is 2.32. The Labute approximate surface area is 170 Å². The number of nitrogens with one attached hydrogen (secondary N) is 1. The van der Waals surface area contributed by atoms with Crippen molar-refractivity contribution in [2.24, 2.45) is 0 Å². The number of nitrogens with zero attached hydrogens (tertiary/aromatic N) is 3. The summed E-state index contributed by atoms with van der Waals surface area (Å²) in [5.74, 6) is 0.315. The first-order chi connectivity index (χ1) is 13.2. The Hall–Kier alpha value is -1.99. The van der Waals surface area contributed by atoms with E-state index in [9.17, 15) is 9.59 Å². The van der Waals surface area contributed by atoms with Gasteiger partial charge in [-0.1, -0.05) is 12.1 Å². The zero-order valence-electron chi connectivity index (χ0n) is 17.2. The quantitative estimate of drug-likeness (QED) is 0.835. The van der Waals surface area contributed by atoms with Crippen LogP contribution in [0.1, 0.15) is 44.5 Å². The number of rotatable bonds is 5. The summed E-state index contributed by atoms with van der Waals surface area (Å²) in [5.41, 5.74) is 0.773. The molecule has 0 unspecified atom stereocenters. The molecule has 1 aliphatic rings. The number of carbonyl (C=O) groups excluding carboxylic acids is 2. The Morgan fingerprint density at radius 1 is 1.29 bits per heavy atom. The molecule has 1 atom stereocenters. The Bertz CT molecular complexity index is 809. The first kappa shape index (κ1) is 20.7. The van der Waals surface area contributed by atoms with E-state index in [1.165, 1.54) is 4.70 Å². The van der Waals surface area contributed by atoms with E-state index < -0.39 is 0 Å². The third-order valence-electron chi connectivity index (χ3n) is 4.77. The molecule has 1 N–H and O–H groups in total. The van der Waals surface area contributed by atoms with Gasteiger partial charge >= 0.3 is 0 Å². The average Bonchev–Trinajstić information content (AvgIpc) is 3.04. The van der Waals surface area contributed by atoms with Crippen LogP contribution in [0.15, 0.2) is 24.3 Å². The lowest BCUT2D eigenvalue weighted by molar-refractivity contribution is -0.134. The molecule has 2 aromatic rings. The lowest BCUT2D eigenvalue weighted by Gasteiger charge is -2.33. The standard InChI is InChI=1S/C21H30N4O2S/c1-21(2,3)23-18(26)13-24(4)14-19(27)25-11-7-8-15(12-25)20-22-16-9-5-6-10-17(16)28-20/h5-6,9-10,15H,7-8,11-14H2,1-4H3,(H,23,26)/t15-/m1/s1. The Balaban J connectivity index is 1.56. The number of hydrogen-bond acceptors (Lipinski definition) is 5. The molecule has 0 radical (unpaired) electrons. The lowest BCUT2D eigenvalue weighted by Crippen LogP contribution is -2.48. The molecule has 6 nitrogen and oxygen atoms in total. The van der Waals surface area contributed by atoms with E-state index in [0.717, 1.165) is 29.9 Å². The molecule has 3 rings (SSSR count). The van der Waals surface area contributed by atoms with Crippen LogP contribution in [0.5, 0.6) is 0 Å². The smallest absolute Gasteiger partial charge is 0.236 e. The van der Waals surface area contributed by atoms with Gasteiger partial charge in [-0.25, -0.2) is 4.98 Å². The summed E-state index contributed by atoms with van der Waals surface area (Å²) in [6, 6.07) is 8.18. The summed E-state index contributed by atoms with van der Waals surface area (Å²) in [6.07, 6.45) is 2.05. The lowest BCUT2D eigenvalue weighted by atomic mass is 9.98. The predicted molar refractivity (Wildman–Crippen MR) is 114 cm³/mol. The minimum Gasteiger partial charge on any atom is -0.350 e. The van der Waals surface area contributed by atoms with Crippen LogP contribution in [0, 0.1) is 0 Å². The largest absolute Gasteiger partial charge is 0.350 e. The van der Waals surface area contributed by atoms with Crippen molar-refractivity contribution in [2.75, 3.05) is 33.2 Å². The fourth-order valence-electron chi connectivity index (χ4n) is 3.56. The molecule has 0 spiro atoms. The van der Waals surface area contributed by atoms with Gasteiger partial charge in [-0.2, -0.15) is 0 Å². The zero-order chi connectivity index (χ0) is 20.3. The van der Waals surface area contributed by atoms with Crippen LogP contribution in [0.2, 0.25) is 0 Å². The van der Waals surface area contributed by atoms with Crippen LogP contribution >= 0.6 is 11.3 Å². The molecule has 1 fully saturated rings. The molecule has 1 aliphatic heterocycles. The monoisotopic (exact) mass is 402 g/mol. The molecule has 2 amide bonds. The zero-order valence-corrected chi connectivity index (χ0v) is 18.0. The highest BCUT2D eigenvalue weighted by atomic mass is 32.1. The summed E-state index contributed by atoms with van der Waals surface area (Å²) < 4.78 is 1.20. The van der Waals surface area contributed by atoms with Crippen LogP contribution < -0.4 is 5.32 Å². The number of benzene rings is 1. The molecule has 1 aromatic carbocycles. The summed E-state index contributed by atoms with van der Waals surface area (Å²) in [5, 5.41) is 4.05. The third kappa shape index (κ3) is 5.52. The minimum absolute atomic E-state index is 0.0613. The number of carbonyl (C=O) groups is 2. The molecule has 0 bridgehead atoms. The average molecular weight is 403 g/mol. The first-order valence-electron chi connectivity index (χ1n) is 9.84. The van der Waals surface area contributed by atoms with Crippen LogP contribution in [0.4, 0.5) is 0 Å². The van der Waals surface area contributed by atoms with Gasteiger partial charge < -0.3 is 10.2 Å². The van der Waals surface area contributed by atoms with Gasteiger partial charge in [-0.3, -0.25) is 14.5 Å². The number of thiazole rings is 1. The minimum atomic E-state index is -0.265. The highest BCUT2D eigenvalue weighted by Gasteiger charge is 2.27. The van der Waals surface area contributed by atoms with Crippen LogP contribution in [-0.4, -0.2) is 65.4 Å². The van der Waals surface area contributed by atoms with E-state index in [4.69, 9.17) is 4.98 Å². The maximum atomic E-state index is 12.8. The van der Waals surface area contributed by atoms with Gasteiger partial charge in [0.15, 0.2) is 0 Å². The molecule has 152 valence electrons. The van der Waals surface area contributed by atoms with Crippen molar-refractivity contribution >= 4 is 33.4 Å². The summed E-state index contributed by atoms with van der Waals surface area (Å²) >= 11 is 1.73. The van der Waals surface area contributed by atoms with Gasteiger partial charge in [-0.15, -0.1) is 11.3 Å². The van der Waals surface area contributed by atoms with Crippen LogP contribution in [-0.2, 0) is 9.59 Å². The van der Waals surface area contributed by atoms with Crippen molar-refractivity contribution in [3.05, 3.63) is 29.3 Å². The second-order valence-corrected chi connectivity index (χ2v) is 9.73. The molecule has 28 heavy (non-hydrogen) atoms. The third-order valence-corrected chi connectivity index (χ3v) is 5.97. The van der Waals surface area contributed by atoms with Gasteiger partial charge in [0.05, 0.1) is 28.3 Å². The maximum Gasteiger partial charge on any atom is 0.236 e. The van der Waals surface area contributed by atoms with Gasteiger partial charge in [0.1, 0.15) is 0 Å². The van der Waals surface area contributed by atoms with E-state index in [1.54, 1.807) is 16.2 Å². The number of amides is 2. The fourth-order valence-corrected chi connectivity index (χ4v) is 4.65. The Kier molecular flexibility index (Phi) is 6.35. The molecular weight excluding hydrogens is 372 g/mol. The SMILES string of the molecule is CN(CC(=O)NC(C)(C)C)CC(=O)N1CCC[C@@H](c2nc3ccccc3s2)C1. The van der Waals surface area contributed by atoms with E-state index in [1.807, 2.05) is 50.9 Å². The van der Waals surface area contributed by atoms with Crippen molar-refractivity contribution in [1.82, 2.24) is 20.1 Å². The van der Waals surface area contributed by atoms with E-state index in [0.29, 0.717) is 12.5 Å². The second-order valence-electron chi connectivity index (χ2n) is 8.67. The predicted octanol–water partition coefficient (Wildman–Crippen LogP) is 2.85.